The molecular weight excluding hydrogens is 522 g/mol. The summed E-state index contributed by atoms with van der Waals surface area (Å²) in [5, 5.41) is 12.0. The lowest BCUT2D eigenvalue weighted by molar-refractivity contribution is 0.684. The van der Waals surface area contributed by atoms with Crippen molar-refractivity contribution in [3.05, 3.63) is 81.9 Å². The standard InChI is InChI=1S/C20H22Cl2N6.HI/c1-2-24-20(26-11-17-6-7-18(21)9-19(17)22)25-10-15-4-3-5-16(8-15)12-28-14-23-13-27-28;/h3-9,13-14H,2,10-12H2,1H3,(H2,24,25,26);1H. The smallest absolute Gasteiger partial charge is 0.191 e. The largest absolute Gasteiger partial charge is 0.357 e. The number of aromatic nitrogens is 3. The SMILES string of the molecule is CCNC(=NCc1cccc(Cn2cncn2)c1)NCc1ccc(Cl)cc1Cl.I. The van der Waals surface area contributed by atoms with Gasteiger partial charge in [0.2, 0.25) is 0 Å². The van der Waals surface area contributed by atoms with Gasteiger partial charge in [-0.3, -0.25) is 0 Å². The maximum Gasteiger partial charge on any atom is 0.191 e. The normalized spacial score (nSPS) is 11.1. The van der Waals surface area contributed by atoms with Crippen LogP contribution in [0, 0.1) is 0 Å². The van der Waals surface area contributed by atoms with Crippen LogP contribution in [-0.2, 0) is 19.6 Å². The molecule has 0 radical (unpaired) electrons. The van der Waals surface area contributed by atoms with Gasteiger partial charge in [0, 0.05) is 23.1 Å². The second-order valence-corrected chi connectivity index (χ2v) is 7.04. The molecule has 2 N–H and O–H groups in total. The maximum atomic E-state index is 6.24. The Morgan fingerprint density at radius 2 is 1.93 bits per heavy atom. The average molecular weight is 545 g/mol. The minimum absolute atomic E-state index is 0. The molecule has 0 aliphatic carbocycles. The van der Waals surface area contributed by atoms with Crippen LogP contribution in [0.5, 0.6) is 0 Å². The Labute approximate surface area is 197 Å². The van der Waals surface area contributed by atoms with Crippen molar-refractivity contribution in [2.45, 2.75) is 26.6 Å². The summed E-state index contributed by atoms with van der Waals surface area (Å²) in [6, 6.07) is 13.8. The molecule has 0 saturated heterocycles. The second kappa shape index (κ2) is 12.0. The van der Waals surface area contributed by atoms with Gasteiger partial charge in [-0.15, -0.1) is 24.0 Å². The van der Waals surface area contributed by atoms with Crippen LogP contribution in [0.15, 0.2) is 60.1 Å². The molecule has 3 rings (SSSR count). The van der Waals surface area contributed by atoms with E-state index in [4.69, 9.17) is 23.2 Å². The van der Waals surface area contributed by atoms with Crippen molar-refractivity contribution in [1.82, 2.24) is 25.4 Å². The van der Waals surface area contributed by atoms with E-state index in [-0.39, 0.29) is 24.0 Å². The predicted molar refractivity (Wildman–Crippen MR) is 129 cm³/mol. The molecule has 3 aromatic rings. The Balaban J connectivity index is 0.00000300. The number of guanidine groups is 1. The van der Waals surface area contributed by atoms with Crippen LogP contribution in [0.25, 0.3) is 0 Å². The van der Waals surface area contributed by atoms with Gasteiger partial charge in [-0.05, 0) is 35.7 Å². The van der Waals surface area contributed by atoms with E-state index in [0.717, 1.165) is 29.2 Å². The van der Waals surface area contributed by atoms with Crippen LogP contribution in [0.2, 0.25) is 10.0 Å². The quantitative estimate of drug-likeness (QED) is 0.261. The zero-order valence-corrected chi connectivity index (χ0v) is 19.8. The molecule has 0 spiro atoms. The van der Waals surface area contributed by atoms with Crippen molar-refractivity contribution >= 4 is 53.1 Å². The Hall–Kier alpha value is -1.84. The molecule has 6 nitrogen and oxygen atoms in total. The molecule has 29 heavy (non-hydrogen) atoms. The summed E-state index contributed by atoms with van der Waals surface area (Å²) in [6.45, 7) is 4.62. The van der Waals surface area contributed by atoms with E-state index >= 15 is 0 Å². The van der Waals surface area contributed by atoms with Crippen LogP contribution >= 0.6 is 47.2 Å². The molecule has 0 aliphatic rings. The number of benzene rings is 2. The van der Waals surface area contributed by atoms with Crippen LogP contribution in [0.4, 0.5) is 0 Å². The Bertz CT molecular complexity index is 930. The Morgan fingerprint density at radius 3 is 2.66 bits per heavy atom. The molecule has 0 bridgehead atoms. The highest BCUT2D eigenvalue weighted by atomic mass is 127. The summed E-state index contributed by atoms with van der Waals surface area (Å²) >= 11 is 12.2. The van der Waals surface area contributed by atoms with Crippen molar-refractivity contribution in [3.8, 4) is 0 Å². The molecule has 0 saturated carbocycles. The summed E-state index contributed by atoms with van der Waals surface area (Å²) < 4.78 is 1.80. The topological polar surface area (TPSA) is 67.1 Å². The van der Waals surface area contributed by atoms with Crippen LogP contribution in [-0.4, -0.2) is 27.3 Å². The van der Waals surface area contributed by atoms with E-state index in [1.807, 2.05) is 25.1 Å². The molecule has 0 atom stereocenters. The number of aliphatic imine (C=N–C) groups is 1. The molecule has 9 heteroatoms. The van der Waals surface area contributed by atoms with Gasteiger partial charge in [0.1, 0.15) is 12.7 Å². The average Bonchev–Trinajstić information content (AvgIpc) is 3.18. The second-order valence-electron chi connectivity index (χ2n) is 6.20. The van der Waals surface area contributed by atoms with Gasteiger partial charge in [-0.1, -0.05) is 53.5 Å². The first-order chi connectivity index (χ1) is 13.6. The molecule has 154 valence electrons. The molecule has 1 heterocycles. The highest BCUT2D eigenvalue weighted by Crippen LogP contribution is 2.20. The Kier molecular flexibility index (Phi) is 9.69. The van der Waals surface area contributed by atoms with Crippen molar-refractivity contribution in [2.24, 2.45) is 4.99 Å². The molecule has 2 aromatic carbocycles. The van der Waals surface area contributed by atoms with Crippen molar-refractivity contribution < 1.29 is 0 Å². The molecular formula is C20H23Cl2IN6. The van der Waals surface area contributed by atoms with Crippen LogP contribution in [0.3, 0.4) is 0 Å². The number of rotatable bonds is 7. The predicted octanol–water partition coefficient (Wildman–Crippen LogP) is 4.51. The fourth-order valence-electron chi connectivity index (χ4n) is 2.68. The fraction of sp³-hybridized carbons (Fsp3) is 0.250. The highest BCUT2D eigenvalue weighted by molar-refractivity contribution is 14.0. The first kappa shape index (κ1) is 23.4. The number of halogens is 3. The fourth-order valence-corrected chi connectivity index (χ4v) is 3.16. The summed E-state index contributed by atoms with van der Waals surface area (Å²) in [4.78, 5) is 8.65. The summed E-state index contributed by atoms with van der Waals surface area (Å²) in [6.07, 6.45) is 3.25. The van der Waals surface area contributed by atoms with E-state index in [2.05, 4.69) is 43.9 Å². The van der Waals surface area contributed by atoms with Gasteiger partial charge in [-0.25, -0.2) is 14.7 Å². The number of nitrogens with zero attached hydrogens (tertiary/aromatic N) is 4. The summed E-state index contributed by atoms with van der Waals surface area (Å²) in [7, 11) is 0. The first-order valence-corrected chi connectivity index (χ1v) is 9.76. The van der Waals surface area contributed by atoms with E-state index < -0.39 is 0 Å². The van der Waals surface area contributed by atoms with E-state index in [1.54, 1.807) is 17.1 Å². The molecule has 0 unspecified atom stereocenters. The molecule has 0 aliphatic heterocycles. The molecule has 0 amide bonds. The van der Waals surface area contributed by atoms with E-state index in [1.165, 1.54) is 6.33 Å². The number of hydrogen-bond acceptors (Lipinski definition) is 3. The van der Waals surface area contributed by atoms with Gasteiger partial charge in [0.15, 0.2) is 5.96 Å². The van der Waals surface area contributed by atoms with Gasteiger partial charge in [0.05, 0.1) is 13.1 Å². The van der Waals surface area contributed by atoms with Crippen molar-refractivity contribution in [1.29, 1.82) is 0 Å². The lowest BCUT2D eigenvalue weighted by atomic mass is 10.1. The highest BCUT2D eigenvalue weighted by Gasteiger charge is 2.04. The maximum absolute atomic E-state index is 6.24. The lowest BCUT2D eigenvalue weighted by Gasteiger charge is -2.12. The van der Waals surface area contributed by atoms with E-state index in [0.29, 0.717) is 29.7 Å². The minimum Gasteiger partial charge on any atom is -0.357 e. The summed E-state index contributed by atoms with van der Waals surface area (Å²) in [5.74, 6) is 0.732. The van der Waals surface area contributed by atoms with Gasteiger partial charge in [0.25, 0.3) is 0 Å². The first-order valence-electron chi connectivity index (χ1n) is 9.00. The van der Waals surface area contributed by atoms with Crippen molar-refractivity contribution in [2.75, 3.05) is 6.54 Å². The summed E-state index contributed by atoms with van der Waals surface area (Å²) in [5.41, 5.74) is 3.25. The zero-order valence-electron chi connectivity index (χ0n) is 16.0. The van der Waals surface area contributed by atoms with Gasteiger partial charge in [-0.2, -0.15) is 5.10 Å². The van der Waals surface area contributed by atoms with Crippen LogP contribution < -0.4 is 10.6 Å². The third-order valence-corrected chi connectivity index (χ3v) is 4.61. The van der Waals surface area contributed by atoms with E-state index in [9.17, 15) is 0 Å². The van der Waals surface area contributed by atoms with Gasteiger partial charge < -0.3 is 10.6 Å². The lowest BCUT2D eigenvalue weighted by Crippen LogP contribution is -2.36. The Morgan fingerprint density at radius 1 is 1.10 bits per heavy atom. The third kappa shape index (κ3) is 7.49. The zero-order chi connectivity index (χ0) is 19.8. The van der Waals surface area contributed by atoms with Crippen molar-refractivity contribution in [3.63, 3.8) is 0 Å². The molecule has 0 fully saturated rings. The van der Waals surface area contributed by atoms with Gasteiger partial charge >= 0.3 is 0 Å². The number of nitrogens with one attached hydrogen (secondary N) is 2. The molecule has 1 aromatic heterocycles. The number of hydrogen-bond donors (Lipinski definition) is 2. The third-order valence-electron chi connectivity index (χ3n) is 4.03. The minimum atomic E-state index is 0. The van der Waals surface area contributed by atoms with Crippen LogP contribution in [0.1, 0.15) is 23.6 Å². The monoisotopic (exact) mass is 544 g/mol.